The number of carbonyl (C=O) groups excluding carboxylic acids is 1. The maximum atomic E-state index is 13.6. The zero-order valence-electron chi connectivity index (χ0n) is 19.4. The Labute approximate surface area is 212 Å². The molecule has 0 unspecified atom stereocenters. The molecule has 1 atom stereocenters. The van der Waals surface area contributed by atoms with Crippen LogP contribution in [0, 0.1) is 0 Å². The van der Waals surface area contributed by atoms with Crippen molar-refractivity contribution in [3.63, 3.8) is 0 Å². The Bertz CT molecular complexity index is 1370. The standard InChI is InChI=1S/C25H24Cl2N4O4/c1-13(2)28-25-29-21-12-30(22(32)16-6-9-19(26)20(27)11-16)14(3)10-18(21)23(33)31(25)17-7-4-15(5-8-17)24(34)35/h4-9,11,13-14H,10,12H2,1-3H3,(H,28,29)(H,34,35)/t14-/m1/s1. The number of hydrogen-bond acceptors (Lipinski definition) is 5. The average Bonchev–Trinajstić information content (AvgIpc) is 2.80. The van der Waals surface area contributed by atoms with Crippen molar-refractivity contribution in [2.24, 2.45) is 0 Å². The topological polar surface area (TPSA) is 105 Å². The number of carboxylic acids is 1. The minimum absolute atomic E-state index is 0.0269. The van der Waals surface area contributed by atoms with Crippen LogP contribution in [0.2, 0.25) is 10.0 Å². The van der Waals surface area contributed by atoms with E-state index < -0.39 is 5.97 Å². The molecule has 0 fully saturated rings. The lowest BCUT2D eigenvalue weighted by Gasteiger charge is -2.34. The van der Waals surface area contributed by atoms with Crippen LogP contribution in [0.3, 0.4) is 0 Å². The van der Waals surface area contributed by atoms with Gasteiger partial charge in [0.1, 0.15) is 0 Å². The number of hydrogen-bond donors (Lipinski definition) is 2. The molecule has 182 valence electrons. The van der Waals surface area contributed by atoms with Gasteiger partial charge in [0.15, 0.2) is 0 Å². The van der Waals surface area contributed by atoms with E-state index >= 15 is 0 Å². The zero-order valence-corrected chi connectivity index (χ0v) is 20.9. The first-order valence-electron chi connectivity index (χ1n) is 11.1. The summed E-state index contributed by atoms with van der Waals surface area (Å²) in [7, 11) is 0. The van der Waals surface area contributed by atoms with E-state index in [1.165, 1.54) is 22.8 Å². The second-order valence-electron chi connectivity index (χ2n) is 8.77. The number of carbonyl (C=O) groups is 2. The summed E-state index contributed by atoms with van der Waals surface area (Å²) in [4.78, 5) is 44.5. The Balaban J connectivity index is 1.77. The van der Waals surface area contributed by atoms with Crippen molar-refractivity contribution >= 4 is 41.0 Å². The van der Waals surface area contributed by atoms with Gasteiger partial charge >= 0.3 is 5.97 Å². The molecule has 1 aliphatic rings. The predicted molar refractivity (Wildman–Crippen MR) is 135 cm³/mol. The van der Waals surface area contributed by atoms with Crippen molar-refractivity contribution in [2.45, 2.75) is 45.8 Å². The van der Waals surface area contributed by atoms with Crippen LogP contribution in [0.1, 0.15) is 52.7 Å². The molecular formula is C25H24Cl2N4O4. The van der Waals surface area contributed by atoms with Gasteiger partial charge in [0.25, 0.3) is 11.5 Å². The molecule has 3 aromatic rings. The number of aromatic nitrogens is 2. The van der Waals surface area contributed by atoms with E-state index in [1.807, 2.05) is 20.8 Å². The van der Waals surface area contributed by atoms with Crippen molar-refractivity contribution in [1.29, 1.82) is 0 Å². The monoisotopic (exact) mass is 514 g/mol. The zero-order chi connectivity index (χ0) is 25.4. The lowest BCUT2D eigenvalue weighted by atomic mass is 9.98. The summed E-state index contributed by atoms with van der Waals surface area (Å²) >= 11 is 12.1. The van der Waals surface area contributed by atoms with Gasteiger partial charge in [0, 0.05) is 23.2 Å². The van der Waals surface area contributed by atoms with E-state index in [0.29, 0.717) is 44.9 Å². The number of aromatic carboxylic acids is 1. The highest BCUT2D eigenvalue weighted by atomic mass is 35.5. The van der Waals surface area contributed by atoms with Crippen molar-refractivity contribution in [3.05, 3.63) is 85.2 Å². The lowest BCUT2D eigenvalue weighted by molar-refractivity contribution is 0.0651. The Hall–Kier alpha value is -3.36. The van der Waals surface area contributed by atoms with E-state index in [0.717, 1.165) is 0 Å². The summed E-state index contributed by atoms with van der Waals surface area (Å²) < 4.78 is 1.45. The van der Waals surface area contributed by atoms with E-state index in [-0.39, 0.29) is 35.7 Å². The minimum Gasteiger partial charge on any atom is -0.478 e. The molecule has 2 heterocycles. The SMILES string of the molecule is CC(C)Nc1nc2c(c(=O)n1-c1ccc(C(=O)O)cc1)C[C@@H](C)N(C(=O)c1ccc(Cl)c(Cl)c1)C2. The number of rotatable bonds is 5. The van der Waals surface area contributed by atoms with Gasteiger partial charge in [-0.1, -0.05) is 23.2 Å². The molecule has 0 saturated heterocycles. The fraction of sp³-hybridized carbons (Fsp3) is 0.280. The molecule has 1 aliphatic heterocycles. The Kier molecular flexibility index (Phi) is 6.87. The Morgan fingerprint density at radius 2 is 1.74 bits per heavy atom. The molecule has 10 heteroatoms. The molecule has 8 nitrogen and oxygen atoms in total. The largest absolute Gasteiger partial charge is 0.478 e. The second-order valence-corrected chi connectivity index (χ2v) is 9.58. The van der Waals surface area contributed by atoms with Gasteiger partial charge in [0.2, 0.25) is 5.95 Å². The average molecular weight is 515 g/mol. The third kappa shape index (κ3) is 4.90. The van der Waals surface area contributed by atoms with Gasteiger partial charge in [0.05, 0.1) is 33.5 Å². The number of nitrogens with one attached hydrogen (secondary N) is 1. The first kappa shape index (κ1) is 24.8. The highest BCUT2D eigenvalue weighted by Gasteiger charge is 2.32. The summed E-state index contributed by atoms with van der Waals surface area (Å²) in [5.41, 5.74) is 1.81. The fourth-order valence-corrected chi connectivity index (χ4v) is 4.37. The summed E-state index contributed by atoms with van der Waals surface area (Å²) in [6.07, 6.45) is 0.323. The molecule has 1 aromatic heterocycles. The molecule has 0 spiro atoms. The van der Waals surface area contributed by atoms with Crippen LogP contribution in [-0.4, -0.2) is 43.5 Å². The van der Waals surface area contributed by atoms with E-state index in [1.54, 1.807) is 29.2 Å². The molecule has 0 aliphatic carbocycles. The van der Waals surface area contributed by atoms with E-state index in [4.69, 9.17) is 28.2 Å². The first-order chi connectivity index (χ1) is 16.6. The van der Waals surface area contributed by atoms with E-state index in [2.05, 4.69) is 5.32 Å². The summed E-state index contributed by atoms with van der Waals surface area (Å²) in [5.74, 6) is -0.952. The number of halogens is 2. The van der Waals surface area contributed by atoms with Crippen LogP contribution in [0.5, 0.6) is 0 Å². The number of nitrogens with zero attached hydrogens (tertiary/aromatic N) is 3. The van der Waals surface area contributed by atoms with Crippen LogP contribution >= 0.6 is 23.2 Å². The summed E-state index contributed by atoms with van der Waals surface area (Å²) in [5, 5.41) is 13.1. The van der Waals surface area contributed by atoms with Gasteiger partial charge in [-0.15, -0.1) is 0 Å². The van der Waals surface area contributed by atoms with Crippen LogP contribution < -0.4 is 10.9 Å². The van der Waals surface area contributed by atoms with Crippen LogP contribution in [0.4, 0.5) is 5.95 Å². The van der Waals surface area contributed by atoms with Crippen molar-refractivity contribution in [3.8, 4) is 5.69 Å². The molecular weight excluding hydrogens is 491 g/mol. The Morgan fingerprint density at radius 3 is 2.34 bits per heavy atom. The molecule has 2 N–H and O–H groups in total. The molecule has 0 saturated carbocycles. The Morgan fingerprint density at radius 1 is 1.09 bits per heavy atom. The predicted octanol–water partition coefficient (Wildman–Crippen LogP) is 4.64. The van der Waals surface area contributed by atoms with Gasteiger partial charge in [-0.3, -0.25) is 9.59 Å². The van der Waals surface area contributed by atoms with E-state index in [9.17, 15) is 19.5 Å². The maximum Gasteiger partial charge on any atom is 0.335 e. The van der Waals surface area contributed by atoms with Crippen molar-refractivity contribution in [2.75, 3.05) is 5.32 Å². The molecule has 1 amide bonds. The normalized spacial score (nSPS) is 15.1. The number of anilines is 1. The van der Waals surface area contributed by atoms with Gasteiger partial charge < -0.3 is 15.3 Å². The lowest BCUT2D eigenvalue weighted by Crippen LogP contribution is -2.46. The van der Waals surface area contributed by atoms with Crippen molar-refractivity contribution in [1.82, 2.24) is 14.5 Å². The van der Waals surface area contributed by atoms with Crippen LogP contribution in [0.25, 0.3) is 5.69 Å². The molecule has 0 radical (unpaired) electrons. The highest BCUT2D eigenvalue weighted by Crippen LogP contribution is 2.27. The van der Waals surface area contributed by atoms with Gasteiger partial charge in [-0.2, -0.15) is 0 Å². The molecule has 4 rings (SSSR count). The minimum atomic E-state index is -1.05. The number of amides is 1. The van der Waals surface area contributed by atoms with Crippen molar-refractivity contribution < 1.29 is 14.7 Å². The number of fused-ring (bicyclic) bond motifs is 1. The molecule has 2 aromatic carbocycles. The fourth-order valence-electron chi connectivity index (χ4n) is 4.07. The number of benzene rings is 2. The smallest absolute Gasteiger partial charge is 0.335 e. The van der Waals surface area contributed by atoms with Gasteiger partial charge in [-0.25, -0.2) is 14.3 Å². The third-order valence-corrected chi connectivity index (χ3v) is 6.57. The quantitative estimate of drug-likeness (QED) is 0.513. The maximum absolute atomic E-state index is 13.6. The van der Waals surface area contributed by atoms with Crippen LogP contribution in [0.15, 0.2) is 47.3 Å². The van der Waals surface area contributed by atoms with Gasteiger partial charge in [-0.05, 0) is 69.7 Å². The third-order valence-electron chi connectivity index (χ3n) is 5.83. The molecule has 35 heavy (non-hydrogen) atoms. The first-order valence-corrected chi connectivity index (χ1v) is 11.8. The van der Waals surface area contributed by atoms with Crippen LogP contribution in [-0.2, 0) is 13.0 Å². The summed E-state index contributed by atoms with van der Waals surface area (Å²) in [6.45, 7) is 5.89. The number of carboxylic acid groups (broad SMARTS) is 1. The molecule has 0 bridgehead atoms. The summed E-state index contributed by atoms with van der Waals surface area (Å²) in [6, 6.07) is 10.5. The highest BCUT2D eigenvalue weighted by molar-refractivity contribution is 6.42. The second kappa shape index (κ2) is 9.71.